The molecule has 0 bridgehead atoms. The Morgan fingerprint density at radius 3 is 2.57 bits per heavy atom. The van der Waals surface area contributed by atoms with E-state index in [1.807, 2.05) is 24.6 Å². The number of carbonyl (C=O) groups excluding carboxylic acids is 1. The minimum Gasteiger partial charge on any atom is -0.481 e. The average Bonchev–Trinajstić information content (AvgIpc) is 3.12. The fourth-order valence-corrected chi connectivity index (χ4v) is 3.95. The lowest BCUT2D eigenvalue weighted by Crippen LogP contribution is -2.25. The number of aryl methyl sites for hydroxylation is 1. The van der Waals surface area contributed by atoms with E-state index in [4.69, 9.17) is 5.11 Å². The number of carbonyl (C=O) groups is 2. The second-order valence-corrected chi connectivity index (χ2v) is 8.06. The summed E-state index contributed by atoms with van der Waals surface area (Å²) in [7, 11) is 1.82. The SMILES string of the molecule is CCCCCCC(=O)N(C)Cc1cc(-c2ccc(CCC(=O)O)c(F)c2)cs1. The number of carboxylic acids is 1. The molecule has 0 aliphatic rings. The summed E-state index contributed by atoms with van der Waals surface area (Å²) in [4.78, 5) is 25.7. The summed E-state index contributed by atoms with van der Waals surface area (Å²) in [5.74, 6) is -1.17. The number of benzene rings is 1. The van der Waals surface area contributed by atoms with Crippen LogP contribution in [0.1, 0.15) is 55.9 Å². The molecule has 0 fully saturated rings. The molecule has 28 heavy (non-hydrogen) atoms. The molecule has 2 rings (SSSR count). The van der Waals surface area contributed by atoms with Crippen LogP contribution in [0.4, 0.5) is 4.39 Å². The zero-order valence-corrected chi connectivity index (χ0v) is 17.4. The Balaban J connectivity index is 1.95. The van der Waals surface area contributed by atoms with Gasteiger partial charge in [0.25, 0.3) is 0 Å². The first-order chi connectivity index (χ1) is 13.4. The topological polar surface area (TPSA) is 57.6 Å². The van der Waals surface area contributed by atoms with Gasteiger partial charge in [0.15, 0.2) is 0 Å². The number of unbranched alkanes of at least 4 members (excludes halogenated alkanes) is 3. The first kappa shape index (κ1) is 22.1. The third kappa shape index (κ3) is 6.75. The number of rotatable bonds is 11. The standard InChI is InChI=1S/C22H28FNO3S/c1-3-4-5-6-7-21(25)24(2)14-19-12-18(15-28-19)17-9-8-16(20(23)13-17)10-11-22(26)27/h8-9,12-13,15H,3-7,10-11,14H2,1-2H3,(H,26,27). The number of amides is 1. The first-order valence-corrected chi connectivity index (χ1v) is 10.6. The second-order valence-electron chi connectivity index (χ2n) is 7.06. The molecule has 0 aliphatic carbocycles. The fraction of sp³-hybridized carbons (Fsp3) is 0.455. The van der Waals surface area contributed by atoms with Crippen molar-refractivity contribution < 1.29 is 19.1 Å². The first-order valence-electron chi connectivity index (χ1n) is 9.72. The van der Waals surface area contributed by atoms with Crippen LogP contribution in [0.2, 0.25) is 0 Å². The van der Waals surface area contributed by atoms with Gasteiger partial charge in [0.05, 0.1) is 6.54 Å². The van der Waals surface area contributed by atoms with Gasteiger partial charge in [-0.3, -0.25) is 9.59 Å². The van der Waals surface area contributed by atoms with Gasteiger partial charge in [-0.1, -0.05) is 38.3 Å². The molecule has 1 heterocycles. The van der Waals surface area contributed by atoms with E-state index in [-0.39, 0.29) is 24.6 Å². The van der Waals surface area contributed by atoms with Crippen molar-refractivity contribution in [2.45, 2.75) is 58.4 Å². The lowest BCUT2D eigenvalue weighted by Gasteiger charge is -2.16. The molecule has 4 nitrogen and oxygen atoms in total. The molecule has 0 aliphatic heterocycles. The lowest BCUT2D eigenvalue weighted by atomic mass is 10.0. The Labute approximate surface area is 170 Å². The van der Waals surface area contributed by atoms with E-state index in [0.29, 0.717) is 18.5 Å². The second kappa shape index (κ2) is 11.0. The molecule has 152 valence electrons. The van der Waals surface area contributed by atoms with E-state index in [1.54, 1.807) is 22.3 Å². The van der Waals surface area contributed by atoms with Crippen LogP contribution < -0.4 is 0 Å². The van der Waals surface area contributed by atoms with Crippen molar-refractivity contribution in [2.75, 3.05) is 7.05 Å². The van der Waals surface area contributed by atoms with E-state index in [2.05, 4.69) is 6.92 Å². The molecule has 0 radical (unpaired) electrons. The number of carboxylic acid groups (broad SMARTS) is 1. The maximum absolute atomic E-state index is 14.2. The highest BCUT2D eigenvalue weighted by Crippen LogP contribution is 2.28. The molecule has 1 aromatic carbocycles. The summed E-state index contributed by atoms with van der Waals surface area (Å²) in [6.45, 7) is 2.70. The van der Waals surface area contributed by atoms with Crippen molar-refractivity contribution in [1.29, 1.82) is 0 Å². The summed E-state index contributed by atoms with van der Waals surface area (Å²) >= 11 is 1.55. The van der Waals surface area contributed by atoms with Gasteiger partial charge in [-0.25, -0.2) is 4.39 Å². The number of hydrogen-bond donors (Lipinski definition) is 1. The highest BCUT2D eigenvalue weighted by Gasteiger charge is 2.12. The normalized spacial score (nSPS) is 10.8. The Kier molecular flexibility index (Phi) is 8.64. The highest BCUT2D eigenvalue weighted by molar-refractivity contribution is 7.10. The van der Waals surface area contributed by atoms with Gasteiger partial charge in [-0.2, -0.15) is 0 Å². The van der Waals surface area contributed by atoms with Gasteiger partial charge in [-0.05, 0) is 47.0 Å². The van der Waals surface area contributed by atoms with Gasteiger partial charge in [-0.15, -0.1) is 11.3 Å². The monoisotopic (exact) mass is 405 g/mol. The van der Waals surface area contributed by atoms with Gasteiger partial charge >= 0.3 is 5.97 Å². The maximum Gasteiger partial charge on any atom is 0.303 e. The molecule has 0 spiro atoms. The van der Waals surface area contributed by atoms with Crippen molar-refractivity contribution >= 4 is 23.2 Å². The Hall–Kier alpha value is -2.21. The zero-order chi connectivity index (χ0) is 20.5. The quantitative estimate of drug-likeness (QED) is 0.502. The molecule has 0 unspecified atom stereocenters. The highest BCUT2D eigenvalue weighted by atomic mass is 32.1. The molecule has 1 N–H and O–H groups in total. The predicted molar refractivity (Wildman–Crippen MR) is 111 cm³/mol. The maximum atomic E-state index is 14.2. The zero-order valence-electron chi connectivity index (χ0n) is 16.5. The van der Waals surface area contributed by atoms with Crippen molar-refractivity contribution in [3.8, 4) is 11.1 Å². The number of thiophene rings is 1. The van der Waals surface area contributed by atoms with Gasteiger partial charge < -0.3 is 10.0 Å². The van der Waals surface area contributed by atoms with Crippen LogP contribution in [0.15, 0.2) is 29.6 Å². The van der Waals surface area contributed by atoms with Gasteiger partial charge in [0.2, 0.25) is 5.91 Å². The molecule has 2 aromatic rings. The Bertz CT molecular complexity index is 803. The van der Waals surface area contributed by atoms with E-state index >= 15 is 0 Å². The number of aliphatic carboxylic acids is 1. The molecular weight excluding hydrogens is 377 g/mol. The average molecular weight is 406 g/mol. The Morgan fingerprint density at radius 1 is 1.11 bits per heavy atom. The summed E-state index contributed by atoms with van der Waals surface area (Å²) in [5, 5.41) is 10.7. The van der Waals surface area contributed by atoms with Crippen LogP contribution >= 0.6 is 11.3 Å². The van der Waals surface area contributed by atoms with Crippen LogP contribution in [0.3, 0.4) is 0 Å². The largest absolute Gasteiger partial charge is 0.481 e. The molecule has 0 atom stereocenters. The summed E-state index contributed by atoms with van der Waals surface area (Å²) in [5.41, 5.74) is 2.08. The fourth-order valence-electron chi connectivity index (χ4n) is 3.00. The van der Waals surface area contributed by atoms with Crippen molar-refractivity contribution in [1.82, 2.24) is 4.90 Å². The minimum atomic E-state index is -0.935. The smallest absolute Gasteiger partial charge is 0.303 e. The van der Waals surface area contributed by atoms with Crippen LogP contribution in [-0.4, -0.2) is 28.9 Å². The summed E-state index contributed by atoms with van der Waals surface area (Å²) < 4.78 is 14.2. The van der Waals surface area contributed by atoms with E-state index in [9.17, 15) is 14.0 Å². The number of halogens is 1. The number of nitrogens with zero attached hydrogens (tertiary/aromatic N) is 1. The third-order valence-corrected chi connectivity index (χ3v) is 5.63. The number of hydrogen-bond acceptors (Lipinski definition) is 3. The molecule has 0 saturated heterocycles. The van der Waals surface area contributed by atoms with Crippen molar-refractivity contribution in [3.05, 3.63) is 45.9 Å². The van der Waals surface area contributed by atoms with E-state index in [0.717, 1.165) is 41.7 Å². The van der Waals surface area contributed by atoms with Gasteiger partial charge in [0.1, 0.15) is 5.82 Å². The molecule has 0 saturated carbocycles. The van der Waals surface area contributed by atoms with Crippen molar-refractivity contribution in [3.63, 3.8) is 0 Å². The van der Waals surface area contributed by atoms with E-state index < -0.39 is 5.97 Å². The lowest BCUT2D eigenvalue weighted by molar-refractivity contribution is -0.137. The van der Waals surface area contributed by atoms with Gasteiger partial charge in [0, 0.05) is 24.8 Å². The third-order valence-electron chi connectivity index (χ3n) is 4.71. The predicted octanol–water partition coefficient (Wildman–Crippen LogP) is 5.50. The van der Waals surface area contributed by atoms with Crippen LogP contribution in [0, 0.1) is 5.82 Å². The van der Waals surface area contributed by atoms with Crippen LogP contribution in [0.25, 0.3) is 11.1 Å². The van der Waals surface area contributed by atoms with Crippen LogP contribution in [0.5, 0.6) is 0 Å². The van der Waals surface area contributed by atoms with Crippen LogP contribution in [-0.2, 0) is 22.6 Å². The van der Waals surface area contributed by atoms with Crippen molar-refractivity contribution in [2.24, 2.45) is 0 Å². The minimum absolute atomic E-state index is 0.0856. The molecule has 1 aromatic heterocycles. The van der Waals surface area contributed by atoms with E-state index in [1.165, 1.54) is 6.07 Å². The summed E-state index contributed by atoms with van der Waals surface area (Å²) in [6.07, 6.45) is 5.02. The molecule has 6 heteroatoms. The molecule has 1 amide bonds. The summed E-state index contributed by atoms with van der Waals surface area (Å²) in [6, 6.07) is 6.90. The molecular formula is C22H28FNO3S. The Morgan fingerprint density at radius 2 is 1.89 bits per heavy atom.